The highest BCUT2D eigenvalue weighted by atomic mass is 19.3. The van der Waals surface area contributed by atoms with Crippen molar-refractivity contribution in [1.29, 1.82) is 0 Å². The first kappa shape index (κ1) is 34.3. The molecule has 0 aromatic carbocycles. The second kappa shape index (κ2) is 11.7. The number of hydrogen-bond donors (Lipinski definition) is 0. The van der Waals surface area contributed by atoms with E-state index in [1.165, 1.54) is 6.92 Å². The number of hydrogen-bond acceptors (Lipinski definition) is 4. The molecule has 0 aliphatic carbocycles. The second-order valence-corrected chi connectivity index (χ2v) is 8.11. The second-order valence-electron chi connectivity index (χ2n) is 8.11. The van der Waals surface area contributed by atoms with E-state index < -0.39 is 60.5 Å². The molecule has 2 aliphatic rings. The van der Waals surface area contributed by atoms with Crippen LogP contribution < -0.4 is 0 Å². The minimum absolute atomic E-state index is 0.374. The average Bonchev–Trinajstić information content (AvgIpc) is 3.20. The van der Waals surface area contributed by atoms with E-state index in [9.17, 15) is 43.9 Å². The SMILES string of the molecule is CC1(F)COC(C)(C(C)(F)CF)O1.CC1(F)COC(C)(C(F)(F)C(C)(F)CF)O1.CF.CF. The number of halogens is 10. The quantitative estimate of drug-likeness (QED) is 0.418. The third-order valence-corrected chi connectivity index (χ3v) is 4.70. The predicted octanol–water partition coefficient (Wildman–Crippen LogP) is 6.07. The van der Waals surface area contributed by atoms with Crippen molar-refractivity contribution >= 4 is 0 Å². The lowest BCUT2D eigenvalue weighted by molar-refractivity contribution is -0.340. The summed E-state index contributed by atoms with van der Waals surface area (Å²) in [6.07, 6.45) is 0. The van der Waals surface area contributed by atoms with Crippen LogP contribution in [-0.2, 0) is 18.9 Å². The van der Waals surface area contributed by atoms with Gasteiger partial charge < -0.3 is 18.9 Å². The molecule has 6 unspecified atom stereocenters. The summed E-state index contributed by atoms with van der Waals surface area (Å²) in [7, 11) is 1.00. The van der Waals surface area contributed by atoms with Crippen LogP contribution in [0.1, 0.15) is 41.5 Å². The lowest BCUT2D eigenvalue weighted by Gasteiger charge is -2.38. The van der Waals surface area contributed by atoms with Crippen LogP contribution in [0, 0.1) is 0 Å². The molecule has 0 spiro atoms. The minimum Gasteiger partial charge on any atom is -0.341 e. The Kier molecular flexibility index (Phi) is 12.2. The third kappa shape index (κ3) is 7.82. The van der Waals surface area contributed by atoms with Gasteiger partial charge in [0.15, 0.2) is 5.67 Å². The summed E-state index contributed by atoms with van der Waals surface area (Å²) >= 11 is 0. The van der Waals surface area contributed by atoms with Crippen LogP contribution in [-0.4, -0.2) is 81.5 Å². The molecule has 2 heterocycles. The number of alkyl halides is 10. The largest absolute Gasteiger partial charge is 0.341 e. The maximum atomic E-state index is 13.6. The Morgan fingerprint density at radius 2 is 1.00 bits per heavy atom. The third-order valence-electron chi connectivity index (χ3n) is 4.70. The average molecular weight is 514 g/mol. The van der Waals surface area contributed by atoms with Crippen molar-refractivity contribution < 1.29 is 62.9 Å². The lowest BCUT2D eigenvalue weighted by atomic mass is 9.94. The molecule has 2 rings (SSSR count). The summed E-state index contributed by atoms with van der Waals surface area (Å²) in [4.78, 5) is 0. The van der Waals surface area contributed by atoms with Crippen molar-refractivity contribution in [2.75, 3.05) is 40.9 Å². The Morgan fingerprint density at radius 3 is 1.24 bits per heavy atom. The first-order chi connectivity index (χ1) is 14.7. The summed E-state index contributed by atoms with van der Waals surface area (Å²) in [5, 5.41) is 0. The zero-order chi connectivity index (χ0) is 27.2. The van der Waals surface area contributed by atoms with Crippen LogP contribution in [0.25, 0.3) is 0 Å². The van der Waals surface area contributed by atoms with Crippen LogP contribution >= 0.6 is 0 Å². The van der Waals surface area contributed by atoms with Gasteiger partial charge in [-0.3, -0.25) is 8.78 Å². The molecule has 33 heavy (non-hydrogen) atoms. The molecule has 14 heteroatoms. The van der Waals surface area contributed by atoms with Crippen LogP contribution in [0.4, 0.5) is 43.9 Å². The van der Waals surface area contributed by atoms with Crippen LogP contribution in [0.2, 0.25) is 0 Å². The van der Waals surface area contributed by atoms with Gasteiger partial charge in [0, 0.05) is 0 Å². The summed E-state index contributed by atoms with van der Waals surface area (Å²) in [6, 6.07) is 0. The van der Waals surface area contributed by atoms with Crippen LogP contribution in [0.5, 0.6) is 0 Å². The molecule has 0 radical (unpaired) electrons. The van der Waals surface area contributed by atoms with Gasteiger partial charge in [0.25, 0.3) is 0 Å². The maximum absolute atomic E-state index is 13.6. The molecule has 202 valence electrons. The summed E-state index contributed by atoms with van der Waals surface area (Å²) in [5.74, 6) is -13.4. The van der Waals surface area contributed by atoms with Crippen molar-refractivity contribution in [3.63, 3.8) is 0 Å². The fourth-order valence-corrected chi connectivity index (χ4v) is 2.55. The summed E-state index contributed by atoms with van der Waals surface area (Å²) in [5.41, 5.74) is -5.82. The lowest BCUT2D eigenvalue weighted by Crippen LogP contribution is -2.60. The van der Waals surface area contributed by atoms with Gasteiger partial charge in [0.2, 0.25) is 29.0 Å². The Hall–Kier alpha value is -0.860. The fraction of sp³-hybridized carbons (Fsp3) is 1.00. The van der Waals surface area contributed by atoms with Gasteiger partial charge in [-0.1, -0.05) is 0 Å². The molecule has 0 aromatic rings. The Morgan fingerprint density at radius 1 is 0.667 bits per heavy atom. The van der Waals surface area contributed by atoms with Crippen LogP contribution in [0.15, 0.2) is 0 Å². The molecule has 6 atom stereocenters. The van der Waals surface area contributed by atoms with Gasteiger partial charge in [0.1, 0.15) is 26.6 Å². The summed E-state index contributed by atoms with van der Waals surface area (Å²) < 4.78 is 142. The van der Waals surface area contributed by atoms with Crippen LogP contribution in [0.3, 0.4) is 0 Å². The molecular weight excluding hydrogens is 482 g/mol. The smallest absolute Gasteiger partial charge is 0.336 e. The zero-order valence-corrected chi connectivity index (χ0v) is 19.7. The van der Waals surface area contributed by atoms with Gasteiger partial charge in [-0.2, -0.15) is 8.78 Å². The highest BCUT2D eigenvalue weighted by Gasteiger charge is 2.69. The number of ether oxygens (including phenoxy) is 4. The predicted molar refractivity (Wildman–Crippen MR) is 99.9 cm³/mol. The van der Waals surface area contributed by atoms with Gasteiger partial charge in [-0.25, -0.2) is 26.3 Å². The Bertz CT molecular complexity index is 589. The highest BCUT2D eigenvalue weighted by Crippen LogP contribution is 2.49. The summed E-state index contributed by atoms with van der Waals surface area (Å²) in [6.45, 7) is 0.872. The maximum Gasteiger partial charge on any atom is 0.336 e. The van der Waals surface area contributed by atoms with E-state index in [2.05, 4.69) is 14.2 Å². The molecule has 4 nitrogen and oxygen atoms in total. The molecular formula is C19H32F10O4. The van der Waals surface area contributed by atoms with Crippen molar-refractivity contribution in [3.8, 4) is 0 Å². The Labute approximate surface area is 186 Å². The van der Waals surface area contributed by atoms with Crippen molar-refractivity contribution in [2.45, 2.75) is 82.1 Å². The normalized spacial score (nSPS) is 37.3. The van der Waals surface area contributed by atoms with E-state index in [1.807, 2.05) is 0 Å². The monoisotopic (exact) mass is 514 g/mol. The number of rotatable bonds is 5. The van der Waals surface area contributed by atoms with E-state index in [1.54, 1.807) is 0 Å². The Balaban J connectivity index is 0. The molecule has 2 saturated heterocycles. The fourth-order valence-electron chi connectivity index (χ4n) is 2.55. The molecule has 0 aromatic heterocycles. The first-order valence-electron chi connectivity index (χ1n) is 9.39. The van der Waals surface area contributed by atoms with Gasteiger partial charge in [-0.05, 0) is 41.5 Å². The molecule has 2 fully saturated rings. The first-order valence-corrected chi connectivity index (χ1v) is 9.39. The van der Waals surface area contributed by atoms with Gasteiger partial charge >= 0.3 is 5.92 Å². The van der Waals surface area contributed by atoms with E-state index in [0.29, 0.717) is 28.2 Å². The molecule has 0 N–H and O–H groups in total. The van der Waals surface area contributed by atoms with E-state index in [0.717, 1.165) is 20.8 Å². The van der Waals surface area contributed by atoms with Gasteiger partial charge in [0.05, 0.1) is 14.4 Å². The van der Waals surface area contributed by atoms with E-state index >= 15 is 0 Å². The van der Waals surface area contributed by atoms with Crippen molar-refractivity contribution in [2.24, 2.45) is 0 Å². The zero-order valence-electron chi connectivity index (χ0n) is 19.7. The minimum atomic E-state index is -4.31. The van der Waals surface area contributed by atoms with Gasteiger partial charge in [-0.15, -0.1) is 0 Å². The van der Waals surface area contributed by atoms with E-state index in [-0.39, 0.29) is 6.61 Å². The highest BCUT2D eigenvalue weighted by molar-refractivity contribution is 5.01. The topological polar surface area (TPSA) is 36.9 Å². The molecule has 2 aliphatic heterocycles. The molecule has 0 saturated carbocycles. The van der Waals surface area contributed by atoms with Crippen molar-refractivity contribution in [1.82, 2.24) is 0 Å². The standard InChI is InChI=1S/C9H13F5O2.C8H13F3O2.2CH3F/c1-6(11,4-10)9(13,14)8(3)15-5-7(2,12)16-8;1-6(10,4-9)8(3)12-5-7(2,11)13-8;2*1-2/h4-5H2,1-3H3;4-5H2,1-3H3;2*1H3. The van der Waals surface area contributed by atoms with E-state index in [4.69, 9.17) is 4.74 Å². The molecule has 0 bridgehead atoms. The molecule has 0 amide bonds. The van der Waals surface area contributed by atoms with Crippen molar-refractivity contribution in [3.05, 3.63) is 0 Å².